The van der Waals surface area contributed by atoms with E-state index in [1.807, 2.05) is 28.9 Å². The molecule has 132 valence electrons. The molecule has 25 heavy (non-hydrogen) atoms. The number of carbonyl (C=O) groups is 1. The molecule has 1 N–H and O–H groups in total. The average Bonchev–Trinajstić information content (AvgIpc) is 3.01. The molecule has 2 aromatic rings. The van der Waals surface area contributed by atoms with E-state index in [-0.39, 0.29) is 5.91 Å². The van der Waals surface area contributed by atoms with Crippen LogP contribution in [0, 0.1) is 23.2 Å². The first-order valence-electron chi connectivity index (χ1n) is 9.44. The van der Waals surface area contributed by atoms with E-state index in [1.165, 1.54) is 38.5 Å². The fourth-order valence-electron chi connectivity index (χ4n) is 6.12. The van der Waals surface area contributed by atoms with Crippen molar-refractivity contribution in [2.45, 2.75) is 44.4 Å². The van der Waals surface area contributed by atoms with E-state index in [0.717, 1.165) is 35.6 Å². The maximum atomic E-state index is 12.7. The van der Waals surface area contributed by atoms with Crippen LogP contribution in [-0.2, 0) is 5.88 Å². The van der Waals surface area contributed by atoms with E-state index in [2.05, 4.69) is 10.3 Å². The Bertz CT molecular complexity index is 792. The standard InChI is InChI=1S/C20H24ClN3O/c21-10-17-11-24-2-1-16(6-18(24)23-17)19(25)22-12-20-7-13-3-14(8-20)5-15(4-13)9-20/h1-2,6,11,13-15H,3-5,7-10,12H2,(H,22,25). The molecule has 2 heterocycles. The number of aromatic nitrogens is 2. The highest BCUT2D eigenvalue weighted by molar-refractivity contribution is 6.16. The van der Waals surface area contributed by atoms with E-state index >= 15 is 0 Å². The zero-order valence-corrected chi connectivity index (χ0v) is 15.1. The summed E-state index contributed by atoms with van der Waals surface area (Å²) in [6.07, 6.45) is 12.1. The van der Waals surface area contributed by atoms with Gasteiger partial charge in [-0.1, -0.05) is 0 Å². The summed E-state index contributed by atoms with van der Waals surface area (Å²) in [5.41, 5.74) is 2.66. The Kier molecular flexibility index (Phi) is 3.60. The summed E-state index contributed by atoms with van der Waals surface area (Å²) < 4.78 is 1.91. The molecule has 0 aromatic carbocycles. The fraction of sp³-hybridized carbons (Fsp3) is 0.600. The van der Waals surface area contributed by atoms with Gasteiger partial charge < -0.3 is 9.72 Å². The second kappa shape index (κ2) is 5.73. The minimum atomic E-state index is 0.0219. The summed E-state index contributed by atoms with van der Waals surface area (Å²) in [5.74, 6) is 3.15. The third-order valence-corrected chi connectivity index (χ3v) is 6.97. The normalized spacial score (nSPS) is 33.1. The number of pyridine rings is 1. The van der Waals surface area contributed by atoms with E-state index in [1.54, 1.807) is 0 Å². The number of amides is 1. The highest BCUT2D eigenvalue weighted by Crippen LogP contribution is 2.59. The molecule has 5 heteroatoms. The van der Waals surface area contributed by atoms with Crippen molar-refractivity contribution in [3.05, 3.63) is 35.8 Å². The third kappa shape index (κ3) is 2.75. The lowest BCUT2D eigenvalue weighted by molar-refractivity contribution is -0.0503. The number of rotatable bonds is 4. The lowest BCUT2D eigenvalue weighted by atomic mass is 9.49. The third-order valence-electron chi connectivity index (χ3n) is 6.70. The zero-order valence-electron chi connectivity index (χ0n) is 14.4. The van der Waals surface area contributed by atoms with Gasteiger partial charge in [-0.15, -0.1) is 11.6 Å². The van der Waals surface area contributed by atoms with Gasteiger partial charge in [0.05, 0.1) is 11.6 Å². The van der Waals surface area contributed by atoms with Gasteiger partial charge in [0, 0.05) is 24.5 Å². The largest absolute Gasteiger partial charge is 0.351 e. The van der Waals surface area contributed by atoms with Crippen molar-refractivity contribution in [3.63, 3.8) is 0 Å². The van der Waals surface area contributed by atoms with Crippen LogP contribution in [0.25, 0.3) is 5.65 Å². The second-order valence-corrected chi connectivity index (χ2v) is 8.91. The number of imidazole rings is 1. The first kappa shape index (κ1) is 15.7. The van der Waals surface area contributed by atoms with Gasteiger partial charge in [-0.2, -0.15) is 0 Å². The van der Waals surface area contributed by atoms with Gasteiger partial charge in [-0.3, -0.25) is 4.79 Å². The maximum absolute atomic E-state index is 12.7. The van der Waals surface area contributed by atoms with Crippen molar-refractivity contribution in [1.29, 1.82) is 0 Å². The summed E-state index contributed by atoms with van der Waals surface area (Å²) in [5, 5.41) is 3.24. The number of fused-ring (bicyclic) bond motifs is 1. The van der Waals surface area contributed by atoms with Crippen LogP contribution in [0.1, 0.15) is 54.6 Å². The molecule has 4 aliphatic carbocycles. The smallest absolute Gasteiger partial charge is 0.251 e. The number of hydrogen-bond acceptors (Lipinski definition) is 2. The number of carbonyl (C=O) groups excluding carboxylic acids is 1. The molecule has 0 saturated heterocycles. The minimum Gasteiger partial charge on any atom is -0.351 e. The van der Waals surface area contributed by atoms with Gasteiger partial charge in [0.15, 0.2) is 0 Å². The summed E-state index contributed by atoms with van der Waals surface area (Å²) in [6, 6.07) is 3.72. The summed E-state index contributed by atoms with van der Waals surface area (Å²) in [4.78, 5) is 17.1. The lowest BCUT2D eigenvalue weighted by Gasteiger charge is -2.56. The molecule has 4 saturated carbocycles. The average molecular weight is 358 g/mol. The first-order valence-corrected chi connectivity index (χ1v) is 9.98. The van der Waals surface area contributed by atoms with E-state index < -0.39 is 0 Å². The van der Waals surface area contributed by atoms with Crippen molar-refractivity contribution in [1.82, 2.24) is 14.7 Å². The van der Waals surface area contributed by atoms with Crippen LogP contribution in [-0.4, -0.2) is 21.8 Å². The maximum Gasteiger partial charge on any atom is 0.251 e. The summed E-state index contributed by atoms with van der Waals surface area (Å²) >= 11 is 5.85. The molecule has 4 fully saturated rings. The molecule has 1 amide bonds. The van der Waals surface area contributed by atoms with Crippen molar-refractivity contribution in [2.75, 3.05) is 6.54 Å². The predicted molar refractivity (Wildman–Crippen MR) is 97.7 cm³/mol. The molecule has 4 nitrogen and oxygen atoms in total. The minimum absolute atomic E-state index is 0.0219. The van der Waals surface area contributed by atoms with Crippen LogP contribution in [0.2, 0.25) is 0 Å². The fourth-order valence-corrected chi connectivity index (χ4v) is 6.25. The molecule has 0 radical (unpaired) electrons. The molecule has 0 spiro atoms. The van der Waals surface area contributed by atoms with Crippen LogP contribution in [0.4, 0.5) is 0 Å². The number of hydrogen-bond donors (Lipinski definition) is 1. The Balaban J connectivity index is 1.30. The molecule has 0 atom stereocenters. The number of nitrogens with zero attached hydrogens (tertiary/aromatic N) is 2. The number of halogens is 1. The van der Waals surface area contributed by atoms with Crippen LogP contribution >= 0.6 is 11.6 Å². The van der Waals surface area contributed by atoms with Crippen molar-refractivity contribution < 1.29 is 4.79 Å². The van der Waals surface area contributed by atoms with E-state index in [9.17, 15) is 4.79 Å². The molecule has 6 rings (SSSR count). The Morgan fingerprint density at radius 1 is 1.24 bits per heavy atom. The van der Waals surface area contributed by atoms with Gasteiger partial charge in [-0.25, -0.2) is 4.98 Å². The van der Waals surface area contributed by atoms with Gasteiger partial charge in [0.25, 0.3) is 5.91 Å². The molecule has 4 bridgehead atoms. The molecule has 0 unspecified atom stereocenters. The Morgan fingerprint density at radius 3 is 2.56 bits per heavy atom. The Hall–Kier alpha value is -1.55. The number of nitrogens with one attached hydrogen (secondary N) is 1. The van der Waals surface area contributed by atoms with Gasteiger partial charge >= 0.3 is 0 Å². The first-order chi connectivity index (χ1) is 12.1. The van der Waals surface area contributed by atoms with Crippen molar-refractivity contribution >= 4 is 23.2 Å². The predicted octanol–water partition coefficient (Wildman–Crippen LogP) is 4.02. The SMILES string of the molecule is O=C(NCC12CC3CC(CC(C3)C1)C2)c1ccn2cc(CCl)nc2c1. The number of alkyl halides is 1. The lowest BCUT2D eigenvalue weighted by Crippen LogP contribution is -2.51. The van der Waals surface area contributed by atoms with Crippen LogP contribution < -0.4 is 5.32 Å². The molecule has 4 aliphatic rings. The van der Waals surface area contributed by atoms with Gasteiger partial charge in [-0.05, 0) is 73.8 Å². The molecule has 2 aromatic heterocycles. The molecular formula is C20H24ClN3O. The van der Waals surface area contributed by atoms with E-state index in [4.69, 9.17) is 11.6 Å². The molecular weight excluding hydrogens is 334 g/mol. The van der Waals surface area contributed by atoms with Gasteiger partial charge in [0.2, 0.25) is 0 Å². The van der Waals surface area contributed by atoms with Crippen LogP contribution in [0.15, 0.2) is 24.5 Å². The highest BCUT2D eigenvalue weighted by Gasteiger charge is 2.50. The highest BCUT2D eigenvalue weighted by atomic mass is 35.5. The quantitative estimate of drug-likeness (QED) is 0.840. The summed E-state index contributed by atoms with van der Waals surface area (Å²) in [6.45, 7) is 0.835. The van der Waals surface area contributed by atoms with Gasteiger partial charge in [0.1, 0.15) is 5.65 Å². The zero-order chi connectivity index (χ0) is 17.0. The monoisotopic (exact) mass is 357 g/mol. The second-order valence-electron chi connectivity index (χ2n) is 8.65. The van der Waals surface area contributed by atoms with Crippen LogP contribution in [0.5, 0.6) is 0 Å². The Morgan fingerprint density at radius 2 is 1.92 bits per heavy atom. The Labute approximate surface area is 153 Å². The van der Waals surface area contributed by atoms with E-state index in [0.29, 0.717) is 16.9 Å². The molecule has 0 aliphatic heterocycles. The van der Waals surface area contributed by atoms with Crippen molar-refractivity contribution in [3.8, 4) is 0 Å². The van der Waals surface area contributed by atoms with Crippen LogP contribution in [0.3, 0.4) is 0 Å². The van der Waals surface area contributed by atoms with Crippen molar-refractivity contribution in [2.24, 2.45) is 23.2 Å². The summed E-state index contributed by atoms with van der Waals surface area (Å²) in [7, 11) is 0. The topological polar surface area (TPSA) is 46.4 Å².